The molecule has 2 aliphatic carbocycles. The summed E-state index contributed by atoms with van der Waals surface area (Å²) in [6.07, 6.45) is -10.1. The van der Waals surface area contributed by atoms with Crippen molar-refractivity contribution in [2.24, 2.45) is 23.7 Å². The van der Waals surface area contributed by atoms with Gasteiger partial charge in [-0.2, -0.15) is 52.7 Å². The number of hydrogen-bond donors (Lipinski definition) is 0. The highest BCUT2D eigenvalue weighted by Crippen LogP contribution is 2.57. The van der Waals surface area contributed by atoms with E-state index in [0.29, 0.717) is 6.42 Å². The lowest BCUT2D eigenvalue weighted by molar-refractivity contribution is -0.373. The molecule has 5 unspecified atom stereocenters. The zero-order valence-corrected chi connectivity index (χ0v) is 17.0. The topological polar surface area (TPSA) is 9.23 Å². The fraction of sp³-hybridized carbons (Fsp3) is 1.00. The van der Waals surface area contributed by atoms with Crippen molar-refractivity contribution in [2.75, 3.05) is 6.61 Å². The molecule has 0 spiro atoms. The Morgan fingerprint density at radius 1 is 0.697 bits per heavy atom. The van der Waals surface area contributed by atoms with Crippen LogP contribution in [-0.2, 0) is 4.74 Å². The Morgan fingerprint density at radius 2 is 1.18 bits per heavy atom. The maximum Gasteiger partial charge on any atom is 0.378 e. The summed E-state index contributed by atoms with van der Waals surface area (Å²) in [5.41, 5.74) is 0. The van der Waals surface area contributed by atoms with E-state index in [0.717, 1.165) is 0 Å². The van der Waals surface area contributed by atoms with Crippen molar-refractivity contribution >= 4 is 0 Å². The number of halogens is 14. The van der Waals surface area contributed by atoms with Gasteiger partial charge in [0.25, 0.3) is 0 Å². The average Bonchev–Trinajstić information content (AvgIpc) is 3.18. The second kappa shape index (κ2) is 8.28. The van der Waals surface area contributed by atoms with Crippen molar-refractivity contribution in [1.82, 2.24) is 0 Å². The molecule has 2 fully saturated rings. The predicted octanol–water partition coefficient (Wildman–Crippen LogP) is 7.15. The monoisotopic (exact) mass is 518 g/mol. The molecule has 0 aliphatic heterocycles. The highest BCUT2D eigenvalue weighted by molar-refractivity contribution is 5.05. The highest BCUT2D eigenvalue weighted by atomic mass is 19.4. The summed E-state index contributed by atoms with van der Waals surface area (Å²) in [7, 11) is 0. The summed E-state index contributed by atoms with van der Waals surface area (Å²) in [4.78, 5) is 0. The number of rotatable bonds is 10. The highest BCUT2D eigenvalue weighted by Gasteiger charge is 2.80. The van der Waals surface area contributed by atoms with Crippen LogP contribution in [0.1, 0.15) is 33.1 Å². The Hall–Kier alpha value is -1.02. The van der Waals surface area contributed by atoms with Crippen LogP contribution in [0.25, 0.3) is 0 Å². The first-order valence-corrected chi connectivity index (χ1v) is 9.70. The smallest absolute Gasteiger partial charge is 0.371 e. The minimum atomic E-state index is -7.25. The normalized spacial score (nSPS) is 29.9. The first-order chi connectivity index (χ1) is 14.5. The van der Waals surface area contributed by atoms with Gasteiger partial charge in [-0.1, -0.05) is 13.8 Å². The lowest BCUT2D eigenvalue weighted by Crippen LogP contribution is -2.63. The quantitative estimate of drug-likeness (QED) is 0.279. The molecule has 0 aromatic rings. The Balaban J connectivity index is 2.17. The van der Waals surface area contributed by atoms with Crippen LogP contribution < -0.4 is 0 Å². The van der Waals surface area contributed by atoms with Gasteiger partial charge in [-0.15, -0.1) is 0 Å². The predicted molar refractivity (Wildman–Crippen MR) is 84.6 cm³/mol. The van der Waals surface area contributed by atoms with Gasteiger partial charge in [0.05, 0.1) is 12.5 Å². The maximum absolute atomic E-state index is 13.9. The molecule has 2 rings (SSSR count). The van der Waals surface area contributed by atoms with E-state index in [9.17, 15) is 61.5 Å². The van der Waals surface area contributed by atoms with Crippen molar-refractivity contribution in [1.29, 1.82) is 0 Å². The van der Waals surface area contributed by atoms with Crippen molar-refractivity contribution in [3.63, 3.8) is 0 Å². The van der Waals surface area contributed by atoms with E-state index in [1.165, 1.54) is 0 Å². The number of alkyl halides is 14. The number of fused-ring (bicyclic) bond motifs is 2. The third kappa shape index (κ3) is 4.39. The molecule has 0 aromatic carbocycles. The number of ether oxygens (including phenoxy) is 1. The van der Waals surface area contributed by atoms with Crippen molar-refractivity contribution in [3.8, 4) is 0 Å². The molecule has 0 heterocycles. The van der Waals surface area contributed by atoms with E-state index in [1.54, 1.807) is 6.92 Å². The van der Waals surface area contributed by atoms with Crippen LogP contribution in [0.3, 0.4) is 0 Å². The van der Waals surface area contributed by atoms with Gasteiger partial charge in [-0.3, -0.25) is 0 Å². The minimum Gasteiger partial charge on any atom is -0.371 e. The second-order valence-corrected chi connectivity index (χ2v) is 8.83. The lowest BCUT2D eigenvalue weighted by Gasteiger charge is -2.38. The Labute approximate surface area is 178 Å². The average molecular weight is 518 g/mol. The van der Waals surface area contributed by atoms with Crippen LogP contribution >= 0.6 is 0 Å². The van der Waals surface area contributed by atoms with Gasteiger partial charge in [0.2, 0.25) is 0 Å². The molecule has 33 heavy (non-hydrogen) atoms. The minimum absolute atomic E-state index is 0.00278. The molecule has 196 valence electrons. The third-order valence-corrected chi connectivity index (χ3v) is 6.83. The van der Waals surface area contributed by atoms with Crippen LogP contribution in [-0.4, -0.2) is 54.7 Å². The van der Waals surface area contributed by atoms with E-state index in [-0.39, 0.29) is 30.1 Å². The second-order valence-electron chi connectivity index (χ2n) is 8.83. The molecule has 0 radical (unpaired) electrons. The van der Waals surface area contributed by atoms with Crippen LogP contribution in [0.4, 0.5) is 61.5 Å². The van der Waals surface area contributed by atoms with Crippen LogP contribution in [0.2, 0.25) is 0 Å². The van der Waals surface area contributed by atoms with E-state index in [4.69, 9.17) is 0 Å². The summed E-state index contributed by atoms with van der Waals surface area (Å²) in [6.45, 7) is 1.21. The molecule has 0 saturated heterocycles. The first-order valence-electron chi connectivity index (χ1n) is 9.70. The number of hydrogen-bond acceptors (Lipinski definition) is 1. The summed E-state index contributed by atoms with van der Waals surface area (Å²) in [5, 5.41) is 0. The third-order valence-electron chi connectivity index (χ3n) is 6.83. The van der Waals surface area contributed by atoms with Gasteiger partial charge in [0, 0.05) is 0 Å². The van der Waals surface area contributed by atoms with Crippen molar-refractivity contribution in [3.05, 3.63) is 0 Å². The van der Waals surface area contributed by atoms with E-state index < -0.39 is 61.1 Å². The van der Waals surface area contributed by atoms with Crippen molar-refractivity contribution in [2.45, 2.75) is 81.2 Å². The van der Waals surface area contributed by atoms with Gasteiger partial charge >= 0.3 is 42.0 Å². The van der Waals surface area contributed by atoms with Crippen molar-refractivity contribution < 1.29 is 66.2 Å². The van der Waals surface area contributed by atoms with Crippen LogP contribution in [0, 0.1) is 23.7 Å². The fourth-order valence-electron chi connectivity index (χ4n) is 4.52. The van der Waals surface area contributed by atoms with Crippen LogP contribution in [0.15, 0.2) is 0 Å². The van der Waals surface area contributed by atoms with Gasteiger partial charge in [-0.25, -0.2) is 8.78 Å². The van der Waals surface area contributed by atoms with Gasteiger partial charge in [-0.05, 0) is 36.5 Å². The summed E-state index contributed by atoms with van der Waals surface area (Å²) < 4.78 is 191. The lowest BCUT2D eigenvalue weighted by atomic mass is 9.80. The fourth-order valence-corrected chi connectivity index (χ4v) is 4.52. The molecule has 1 nitrogen and oxygen atoms in total. The molecule has 2 bridgehead atoms. The summed E-state index contributed by atoms with van der Waals surface area (Å²) >= 11 is 0. The molecule has 2 aliphatic rings. The Morgan fingerprint density at radius 3 is 1.61 bits per heavy atom. The summed E-state index contributed by atoms with van der Waals surface area (Å²) in [6, 6.07) is 0. The molecule has 2 saturated carbocycles. The molecule has 0 aromatic heterocycles. The zero-order valence-electron chi connectivity index (χ0n) is 17.0. The largest absolute Gasteiger partial charge is 0.378 e. The molecule has 0 N–H and O–H groups in total. The maximum atomic E-state index is 13.9. The van der Waals surface area contributed by atoms with Crippen LogP contribution in [0.5, 0.6) is 0 Å². The first kappa shape index (κ1) is 28.2. The molecular weight excluding hydrogens is 498 g/mol. The summed E-state index contributed by atoms with van der Waals surface area (Å²) in [5.74, 6) is -40.7. The zero-order chi connectivity index (χ0) is 26.0. The Bertz CT molecular complexity index is 704. The van der Waals surface area contributed by atoms with E-state index in [2.05, 4.69) is 4.74 Å². The molecular formula is C18H20F14O. The molecule has 0 amide bonds. The van der Waals surface area contributed by atoms with E-state index in [1.807, 2.05) is 6.92 Å². The Kier molecular flexibility index (Phi) is 7.08. The van der Waals surface area contributed by atoms with Gasteiger partial charge < -0.3 is 4.74 Å². The molecule has 15 heteroatoms. The van der Waals surface area contributed by atoms with Gasteiger partial charge in [0.1, 0.15) is 6.61 Å². The van der Waals surface area contributed by atoms with Gasteiger partial charge in [0.15, 0.2) is 0 Å². The molecule has 5 atom stereocenters. The van der Waals surface area contributed by atoms with E-state index >= 15 is 0 Å². The SMILES string of the molecule is CC1C2CC(OCC(F)(F)C(F)(F)C(F)(F)CC(F)(F)C(F)(F)C(F)(F)C(F)F)C(C2)C1C. The standard InChI is InChI=1S/C18H20F14O/c1-7-8(2)10-3-9(7)4-11(10)33-6-15(25,26)17(29,30)13(21,22)5-14(23,24)18(31,32)16(27,28)12(19)20/h7-12H,3-6H2,1-2H3.